The minimum atomic E-state index is -3.91. The lowest BCUT2D eigenvalue weighted by molar-refractivity contribution is -0.139. The van der Waals surface area contributed by atoms with Crippen LogP contribution in [0.15, 0.2) is 23.1 Å². The summed E-state index contributed by atoms with van der Waals surface area (Å²) in [5.74, 6) is -1.46. The second kappa shape index (κ2) is 5.44. The Morgan fingerprint density at radius 2 is 2.18 bits per heavy atom. The summed E-state index contributed by atoms with van der Waals surface area (Å²) >= 11 is 5.45. The van der Waals surface area contributed by atoms with Crippen LogP contribution in [0.2, 0.25) is 5.02 Å². The summed E-state index contributed by atoms with van der Waals surface area (Å²) in [6.45, 7) is -0.506. The number of hydrogen-bond acceptors (Lipinski definition) is 4. The predicted octanol–water partition coefficient (Wildman–Crippen LogP) is 0.930. The van der Waals surface area contributed by atoms with E-state index in [9.17, 15) is 17.6 Å². The van der Waals surface area contributed by atoms with E-state index in [1.165, 1.54) is 0 Å². The molecule has 0 heterocycles. The van der Waals surface area contributed by atoms with Crippen molar-refractivity contribution in [3.05, 3.63) is 29.0 Å². The van der Waals surface area contributed by atoms with E-state index >= 15 is 0 Å². The van der Waals surface area contributed by atoms with Gasteiger partial charge in [0.05, 0.1) is 17.0 Å². The fourth-order valence-electron chi connectivity index (χ4n) is 0.953. The molecule has 8 heteroatoms. The zero-order chi connectivity index (χ0) is 13.1. The SMILES string of the molecule is COC(=O)CNS(=O)(=O)c1ccc(F)c(Cl)c1. The number of benzene rings is 1. The van der Waals surface area contributed by atoms with Gasteiger partial charge in [0.2, 0.25) is 10.0 Å². The van der Waals surface area contributed by atoms with Crippen LogP contribution < -0.4 is 4.72 Å². The molecule has 5 nitrogen and oxygen atoms in total. The smallest absolute Gasteiger partial charge is 0.320 e. The highest BCUT2D eigenvalue weighted by Gasteiger charge is 2.17. The van der Waals surface area contributed by atoms with Crippen LogP contribution in [-0.4, -0.2) is 28.0 Å². The van der Waals surface area contributed by atoms with Crippen LogP contribution in [0.25, 0.3) is 0 Å². The highest BCUT2D eigenvalue weighted by molar-refractivity contribution is 7.89. The van der Waals surface area contributed by atoms with Crippen LogP contribution in [0.5, 0.6) is 0 Å². The van der Waals surface area contributed by atoms with Crippen LogP contribution in [-0.2, 0) is 19.6 Å². The lowest BCUT2D eigenvalue weighted by Crippen LogP contribution is -2.30. The first-order valence-corrected chi connectivity index (χ1v) is 6.24. The number of nitrogens with one attached hydrogen (secondary N) is 1. The largest absolute Gasteiger partial charge is 0.468 e. The van der Waals surface area contributed by atoms with Gasteiger partial charge in [0.25, 0.3) is 0 Å². The van der Waals surface area contributed by atoms with Crippen LogP contribution >= 0.6 is 11.6 Å². The van der Waals surface area contributed by atoms with Crippen LogP contribution in [0.4, 0.5) is 4.39 Å². The average Bonchev–Trinajstić information content (AvgIpc) is 2.29. The van der Waals surface area contributed by atoms with Gasteiger partial charge in [-0.05, 0) is 18.2 Å². The van der Waals surface area contributed by atoms with E-state index in [1.807, 2.05) is 4.72 Å². The Bertz CT molecular complexity index is 532. The van der Waals surface area contributed by atoms with E-state index in [2.05, 4.69) is 4.74 Å². The molecule has 94 valence electrons. The van der Waals surface area contributed by atoms with Crippen LogP contribution in [0.3, 0.4) is 0 Å². The van der Waals surface area contributed by atoms with E-state index < -0.39 is 28.4 Å². The summed E-state index contributed by atoms with van der Waals surface area (Å²) in [6, 6.07) is 2.92. The van der Waals surface area contributed by atoms with Gasteiger partial charge in [-0.3, -0.25) is 4.79 Å². The molecular formula is C9H9ClFNO4S. The Hall–Kier alpha value is -1.18. The molecule has 0 bridgehead atoms. The fourth-order valence-corrected chi connectivity index (χ4v) is 2.19. The van der Waals surface area contributed by atoms with Gasteiger partial charge >= 0.3 is 5.97 Å². The van der Waals surface area contributed by atoms with Gasteiger partial charge in [-0.1, -0.05) is 11.6 Å². The Balaban J connectivity index is 2.90. The molecule has 0 aromatic heterocycles. The first-order chi connectivity index (χ1) is 7.86. The molecule has 0 unspecified atom stereocenters. The van der Waals surface area contributed by atoms with Gasteiger partial charge in [0.15, 0.2) is 0 Å². The molecular weight excluding hydrogens is 273 g/mol. The first kappa shape index (κ1) is 13.9. The van der Waals surface area contributed by atoms with Crippen molar-refractivity contribution in [1.82, 2.24) is 4.72 Å². The maximum atomic E-state index is 12.8. The molecule has 0 spiro atoms. The summed E-state index contributed by atoms with van der Waals surface area (Å²) in [5.41, 5.74) is 0. The number of hydrogen-bond donors (Lipinski definition) is 1. The van der Waals surface area contributed by atoms with Crippen molar-refractivity contribution in [3.63, 3.8) is 0 Å². The Labute approximate surface area is 103 Å². The molecule has 1 aromatic carbocycles. The molecule has 17 heavy (non-hydrogen) atoms. The molecule has 1 aromatic rings. The molecule has 0 radical (unpaired) electrons. The van der Waals surface area contributed by atoms with E-state index in [-0.39, 0.29) is 9.92 Å². The zero-order valence-electron chi connectivity index (χ0n) is 8.74. The van der Waals surface area contributed by atoms with Crippen LogP contribution in [0, 0.1) is 5.82 Å². The van der Waals surface area contributed by atoms with E-state index in [0.717, 1.165) is 25.3 Å². The number of carbonyl (C=O) groups is 1. The maximum absolute atomic E-state index is 12.8. The molecule has 0 fully saturated rings. The lowest BCUT2D eigenvalue weighted by Gasteiger charge is -2.06. The van der Waals surface area contributed by atoms with Gasteiger partial charge in [0.1, 0.15) is 12.4 Å². The molecule has 0 amide bonds. The second-order valence-corrected chi connectivity index (χ2v) is 5.15. The van der Waals surface area contributed by atoms with Crippen molar-refractivity contribution in [2.24, 2.45) is 0 Å². The van der Waals surface area contributed by atoms with Crippen molar-refractivity contribution in [2.45, 2.75) is 4.90 Å². The molecule has 0 aliphatic carbocycles. The number of ether oxygens (including phenoxy) is 1. The number of methoxy groups -OCH3 is 1. The summed E-state index contributed by atoms with van der Waals surface area (Å²) in [7, 11) is -2.78. The lowest BCUT2D eigenvalue weighted by atomic mass is 10.3. The van der Waals surface area contributed by atoms with Crippen molar-refractivity contribution in [2.75, 3.05) is 13.7 Å². The Morgan fingerprint density at radius 1 is 1.53 bits per heavy atom. The third-order valence-corrected chi connectivity index (χ3v) is 3.52. The number of sulfonamides is 1. The number of carbonyl (C=O) groups excluding carboxylic acids is 1. The standard InChI is InChI=1S/C9H9ClFNO4S/c1-16-9(13)5-12-17(14,15)6-2-3-8(11)7(10)4-6/h2-4,12H,5H2,1H3. The Morgan fingerprint density at radius 3 is 2.71 bits per heavy atom. The van der Waals surface area contributed by atoms with Crippen molar-refractivity contribution < 1.29 is 22.3 Å². The molecule has 1 N–H and O–H groups in total. The minimum absolute atomic E-state index is 0.229. The van der Waals surface area contributed by atoms with E-state index in [1.54, 1.807) is 0 Å². The minimum Gasteiger partial charge on any atom is -0.468 e. The van der Waals surface area contributed by atoms with Gasteiger partial charge in [0, 0.05) is 0 Å². The van der Waals surface area contributed by atoms with Gasteiger partial charge in [-0.15, -0.1) is 0 Å². The van der Waals surface area contributed by atoms with Crippen molar-refractivity contribution in [3.8, 4) is 0 Å². The van der Waals surface area contributed by atoms with Crippen molar-refractivity contribution in [1.29, 1.82) is 0 Å². The summed E-state index contributed by atoms with van der Waals surface area (Å²) in [6.07, 6.45) is 0. The average molecular weight is 282 g/mol. The number of rotatable bonds is 4. The number of halogens is 2. The van der Waals surface area contributed by atoms with Crippen molar-refractivity contribution >= 4 is 27.6 Å². The quantitative estimate of drug-likeness (QED) is 0.834. The van der Waals surface area contributed by atoms with E-state index in [4.69, 9.17) is 11.6 Å². The summed E-state index contributed by atoms with van der Waals surface area (Å²) < 4.78 is 42.3. The molecule has 0 saturated carbocycles. The molecule has 0 aliphatic heterocycles. The summed E-state index contributed by atoms with van der Waals surface area (Å²) in [5, 5.41) is -0.314. The molecule has 0 saturated heterocycles. The second-order valence-electron chi connectivity index (χ2n) is 2.98. The third-order valence-electron chi connectivity index (χ3n) is 1.84. The zero-order valence-corrected chi connectivity index (χ0v) is 10.3. The topological polar surface area (TPSA) is 72.5 Å². The van der Waals surface area contributed by atoms with Gasteiger partial charge < -0.3 is 4.74 Å². The van der Waals surface area contributed by atoms with Gasteiger partial charge in [-0.2, -0.15) is 4.72 Å². The maximum Gasteiger partial charge on any atom is 0.320 e. The van der Waals surface area contributed by atoms with Gasteiger partial charge in [-0.25, -0.2) is 12.8 Å². The first-order valence-electron chi connectivity index (χ1n) is 4.38. The monoisotopic (exact) mass is 281 g/mol. The molecule has 0 atom stereocenters. The molecule has 1 rings (SSSR count). The predicted molar refractivity (Wildman–Crippen MR) is 58.6 cm³/mol. The van der Waals surface area contributed by atoms with E-state index in [0.29, 0.717) is 0 Å². The Kier molecular flexibility index (Phi) is 4.44. The molecule has 0 aliphatic rings. The third kappa shape index (κ3) is 3.65. The number of esters is 1. The van der Waals surface area contributed by atoms with Crippen LogP contribution in [0.1, 0.15) is 0 Å². The normalized spacial score (nSPS) is 11.2. The fraction of sp³-hybridized carbons (Fsp3) is 0.222. The summed E-state index contributed by atoms with van der Waals surface area (Å²) in [4.78, 5) is 10.5. The highest BCUT2D eigenvalue weighted by Crippen LogP contribution is 2.19. The highest BCUT2D eigenvalue weighted by atomic mass is 35.5.